The number of nitrogens with zero attached hydrogens (tertiary/aromatic N) is 6. The van der Waals surface area contributed by atoms with E-state index in [1.165, 1.54) is 16.8 Å². The molecular weight excluding hydrogens is 337 g/mol. The molecule has 3 fully saturated rings. The number of aromatic nitrogens is 4. The van der Waals surface area contributed by atoms with Crippen molar-refractivity contribution < 1.29 is 9.18 Å². The summed E-state index contributed by atoms with van der Waals surface area (Å²) >= 11 is 0. The van der Waals surface area contributed by atoms with Crippen LogP contribution in [0.2, 0.25) is 0 Å². The SMILES string of the molecule is Nc1nnnn1CC(=O)N1C[C@@H]2CC[C@H]1CN(Cc1ccc(F)cc1)C2. The number of halogens is 1. The summed E-state index contributed by atoms with van der Waals surface area (Å²) in [5, 5.41) is 10.9. The van der Waals surface area contributed by atoms with E-state index in [4.69, 9.17) is 5.73 Å². The van der Waals surface area contributed by atoms with Crippen LogP contribution in [0, 0.1) is 11.7 Å². The number of carbonyl (C=O) groups is 1. The second-order valence-electron chi connectivity index (χ2n) is 7.16. The molecule has 0 unspecified atom stereocenters. The monoisotopic (exact) mass is 359 g/mol. The smallest absolute Gasteiger partial charge is 0.244 e. The highest BCUT2D eigenvalue weighted by atomic mass is 19.1. The highest BCUT2D eigenvalue weighted by molar-refractivity contribution is 5.76. The minimum absolute atomic E-state index is 0.00216. The third-order valence-electron chi connectivity index (χ3n) is 5.27. The van der Waals surface area contributed by atoms with Crippen LogP contribution in [0.1, 0.15) is 18.4 Å². The lowest BCUT2D eigenvalue weighted by Gasteiger charge is -2.36. The summed E-state index contributed by atoms with van der Waals surface area (Å²) in [4.78, 5) is 17.1. The summed E-state index contributed by atoms with van der Waals surface area (Å²) in [6.45, 7) is 3.37. The first-order valence-corrected chi connectivity index (χ1v) is 8.86. The van der Waals surface area contributed by atoms with Crippen LogP contribution < -0.4 is 5.73 Å². The lowest BCUT2D eigenvalue weighted by atomic mass is 9.95. The molecule has 1 amide bonds. The van der Waals surface area contributed by atoms with Crippen LogP contribution in [0.25, 0.3) is 0 Å². The van der Waals surface area contributed by atoms with Crippen molar-refractivity contribution >= 4 is 11.9 Å². The molecular formula is C17H22FN7O. The lowest BCUT2D eigenvalue weighted by Crippen LogP contribution is -2.48. The molecule has 0 spiro atoms. The molecule has 2 bridgehead atoms. The molecule has 0 aliphatic carbocycles. The summed E-state index contributed by atoms with van der Waals surface area (Å²) in [6, 6.07) is 6.82. The first-order chi connectivity index (χ1) is 12.6. The molecule has 0 radical (unpaired) electrons. The fourth-order valence-corrected chi connectivity index (χ4v) is 4.00. The number of rotatable bonds is 4. The maximum Gasteiger partial charge on any atom is 0.244 e. The summed E-state index contributed by atoms with van der Waals surface area (Å²) in [7, 11) is 0. The second-order valence-corrected chi connectivity index (χ2v) is 7.16. The van der Waals surface area contributed by atoms with Gasteiger partial charge in [-0.25, -0.2) is 9.07 Å². The van der Waals surface area contributed by atoms with Gasteiger partial charge in [-0.2, -0.15) is 0 Å². The lowest BCUT2D eigenvalue weighted by molar-refractivity contribution is -0.136. The predicted octanol–water partition coefficient (Wildman–Crippen LogP) is 0.517. The number of tetrazole rings is 1. The summed E-state index contributed by atoms with van der Waals surface area (Å²) in [5.74, 6) is 0.381. The number of anilines is 1. The largest absolute Gasteiger partial charge is 0.367 e. The Morgan fingerprint density at radius 2 is 2.00 bits per heavy atom. The molecule has 5 rings (SSSR count). The number of nitrogens with two attached hydrogens (primary N) is 1. The highest BCUT2D eigenvalue weighted by Gasteiger charge is 2.37. The van der Waals surface area contributed by atoms with Crippen LogP contribution in [0.3, 0.4) is 0 Å². The molecule has 3 saturated heterocycles. The fourth-order valence-electron chi connectivity index (χ4n) is 4.00. The summed E-state index contributed by atoms with van der Waals surface area (Å²) in [5.41, 5.74) is 6.75. The maximum absolute atomic E-state index is 13.1. The molecule has 1 aromatic heterocycles. The quantitative estimate of drug-likeness (QED) is 0.855. The molecule has 4 heterocycles. The van der Waals surface area contributed by atoms with Gasteiger partial charge in [-0.1, -0.05) is 17.2 Å². The molecule has 2 atom stereocenters. The highest BCUT2D eigenvalue weighted by Crippen LogP contribution is 2.29. The van der Waals surface area contributed by atoms with Gasteiger partial charge in [0.1, 0.15) is 12.4 Å². The van der Waals surface area contributed by atoms with Gasteiger partial charge in [0, 0.05) is 32.2 Å². The van der Waals surface area contributed by atoms with Crippen molar-refractivity contribution in [2.75, 3.05) is 25.4 Å². The zero-order chi connectivity index (χ0) is 18.1. The minimum Gasteiger partial charge on any atom is -0.367 e. The molecule has 3 aliphatic rings. The van der Waals surface area contributed by atoms with E-state index in [-0.39, 0.29) is 30.3 Å². The molecule has 8 nitrogen and oxygen atoms in total. The molecule has 1 aromatic carbocycles. The van der Waals surface area contributed by atoms with Crippen molar-refractivity contribution in [3.05, 3.63) is 35.6 Å². The van der Waals surface area contributed by atoms with E-state index in [1.54, 1.807) is 0 Å². The van der Waals surface area contributed by atoms with Gasteiger partial charge >= 0.3 is 0 Å². The van der Waals surface area contributed by atoms with Crippen molar-refractivity contribution in [1.82, 2.24) is 30.0 Å². The van der Waals surface area contributed by atoms with Crippen molar-refractivity contribution in [3.63, 3.8) is 0 Å². The van der Waals surface area contributed by atoms with Gasteiger partial charge in [0.05, 0.1) is 0 Å². The summed E-state index contributed by atoms with van der Waals surface area (Å²) in [6.07, 6.45) is 2.13. The molecule has 3 aliphatic heterocycles. The second kappa shape index (κ2) is 6.99. The Morgan fingerprint density at radius 1 is 1.19 bits per heavy atom. The van der Waals surface area contributed by atoms with Gasteiger partial charge < -0.3 is 10.6 Å². The fraction of sp³-hybridized carbons (Fsp3) is 0.529. The average molecular weight is 359 g/mol. The predicted molar refractivity (Wildman–Crippen MR) is 92.1 cm³/mol. The van der Waals surface area contributed by atoms with Crippen LogP contribution in [0.4, 0.5) is 10.3 Å². The zero-order valence-electron chi connectivity index (χ0n) is 14.5. The van der Waals surface area contributed by atoms with Gasteiger partial charge in [-0.15, -0.1) is 0 Å². The zero-order valence-corrected chi connectivity index (χ0v) is 14.5. The Labute approximate surface area is 150 Å². The number of fused-ring (bicyclic) bond motifs is 4. The van der Waals surface area contributed by atoms with Crippen LogP contribution in [0.5, 0.6) is 0 Å². The molecule has 9 heteroatoms. The van der Waals surface area contributed by atoms with Crippen LogP contribution in [-0.4, -0.2) is 61.6 Å². The number of nitrogen functional groups attached to an aromatic ring is 1. The standard InChI is InChI=1S/C17H22FN7O/c18-14-4-1-12(2-5-14)7-23-8-13-3-6-15(10-23)24(9-13)16(26)11-25-17(19)20-21-22-25/h1-2,4-5,13,15H,3,6-11H2,(H2,19,20,22)/t13-,15+/m1/s1. The minimum atomic E-state index is -0.219. The third-order valence-corrected chi connectivity index (χ3v) is 5.27. The van der Waals surface area contributed by atoms with Crippen molar-refractivity contribution in [2.45, 2.75) is 32.0 Å². The molecule has 2 N–H and O–H groups in total. The normalized spacial score (nSPS) is 23.2. The molecule has 26 heavy (non-hydrogen) atoms. The van der Waals surface area contributed by atoms with E-state index in [0.29, 0.717) is 5.92 Å². The number of carbonyl (C=O) groups excluding carboxylic acids is 1. The van der Waals surface area contributed by atoms with E-state index in [1.807, 2.05) is 17.0 Å². The van der Waals surface area contributed by atoms with Crippen molar-refractivity contribution in [2.24, 2.45) is 5.92 Å². The Balaban J connectivity index is 1.43. The van der Waals surface area contributed by atoms with E-state index in [0.717, 1.165) is 44.6 Å². The third kappa shape index (κ3) is 3.52. The molecule has 0 saturated carbocycles. The van der Waals surface area contributed by atoms with Crippen LogP contribution >= 0.6 is 0 Å². The number of piperidine rings is 1. The molecule has 138 valence electrons. The van der Waals surface area contributed by atoms with E-state index >= 15 is 0 Å². The van der Waals surface area contributed by atoms with Crippen molar-refractivity contribution in [3.8, 4) is 0 Å². The van der Waals surface area contributed by atoms with Gasteiger partial charge in [0.15, 0.2) is 0 Å². The topological polar surface area (TPSA) is 93.2 Å². The number of hydrogen-bond donors (Lipinski definition) is 1. The number of benzene rings is 1. The number of amides is 1. The van der Waals surface area contributed by atoms with Gasteiger partial charge in [-0.3, -0.25) is 9.69 Å². The number of hydrogen-bond acceptors (Lipinski definition) is 6. The maximum atomic E-state index is 13.1. The Kier molecular flexibility index (Phi) is 4.54. The first kappa shape index (κ1) is 16.9. The molecule has 2 aromatic rings. The summed E-state index contributed by atoms with van der Waals surface area (Å²) < 4.78 is 14.4. The van der Waals surface area contributed by atoms with Gasteiger partial charge in [-0.05, 0) is 46.9 Å². The van der Waals surface area contributed by atoms with Crippen LogP contribution in [0.15, 0.2) is 24.3 Å². The van der Waals surface area contributed by atoms with Gasteiger partial charge in [0.2, 0.25) is 11.9 Å². The first-order valence-electron chi connectivity index (χ1n) is 8.86. The van der Waals surface area contributed by atoms with Gasteiger partial charge in [0.25, 0.3) is 0 Å². The van der Waals surface area contributed by atoms with E-state index < -0.39 is 0 Å². The average Bonchev–Trinajstić information content (AvgIpc) is 2.84. The Bertz CT molecular complexity index is 778. The Hall–Kier alpha value is -2.55. The van der Waals surface area contributed by atoms with Crippen LogP contribution in [-0.2, 0) is 17.9 Å². The van der Waals surface area contributed by atoms with E-state index in [2.05, 4.69) is 20.4 Å². The van der Waals surface area contributed by atoms with Crippen molar-refractivity contribution in [1.29, 1.82) is 0 Å². The van der Waals surface area contributed by atoms with E-state index in [9.17, 15) is 9.18 Å². The Morgan fingerprint density at radius 3 is 2.73 bits per heavy atom.